The number of amides is 1. The Hall–Kier alpha value is -2.53. The van der Waals surface area contributed by atoms with E-state index in [1.807, 2.05) is 18.2 Å². The second-order valence-corrected chi connectivity index (χ2v) is 7.37. The van der Waals surface area contributed by atoms with Gasteiger partial charge in [-0.05, 0) is 74.6 Å². The van der Waals surface area contributed by atoms with Gasteiger partial charge in [-0.3, -0.25) is 4.79 Å². The molecule has 2 aromatic carbocycles. The molecule has 5 nitrogen and oxygen atoms in total. The highest BCUT2D eigenvalue weighted by Gasteiger charge is 2.17. The fraction of sp³-hybridized carbons (Fsp3) is 0.435. The Morgan fingerprint density at radius 2 is 2.00 bits per heavy atom. The number of carbonyl (C=O) groups excluding carboxylic acids is 1. The van der Waals surface area contributed by atoms with Gasteiger partial charge < -0.3 is 19.5 Å². The molecule has 1 aliphatic rings. The summed E-state index contributed by atoms with van der Waals surface area (Å²) in [6.07, 6.45) is 2.18. The number of carbonyl (C=O) groups is 1. The maximum Gasteiger partial charge on any atom is 0.251 e. The standard InChI is InChI=1S/C23H29NO4/c1-15-10-16(2)17(3)22(11-15)28-14-19-12-18(7-8-21(19)26-4)23(25)24-13-20-6-5-9-27-20/h7-8,10-12,20H,5-6,9,13-14H2,1-4H3,(H,24,25). The van der Waals surface area contributed by atoms with Gasteiger partial charge in [0, 0.05) is 24.3 Å². The van der Waals surface area contributed by atoms with Crippen molar-refractivity contribution in [1.82, 2.24) is 5.32 Å². The van der Waals surface area contributed by atoms with Crippen LogP contribution in [0.5, 0.6) is 11.5 Å². The van der Waals surface area contributed by atoms with Crippen LogP contribution in [0.25, 0.3) is 0 Å². The number of rotatable bonds is 7. The number of aryl methyl sites for hydroxylation is 2. The summed E-state index contributed by atoms with van der Waals surface area (Å²) < 4.78 is 17.1. The van der Waals surface area contributed by atoms with Gasteiger partial charge in [-0.15, -0.1) is 0 Å². The van der Waals surface area contributed by atoms with Crippen molar-refractivity contribution >= 4 is 5.91 Å². The van der Waals surface area contributed by atoms with E-state index in [1.54, 1.807) is 13.2 Å². The molecule has 0 radical (unpaired) electrons. The van der Waals surface area contributed by atoms with Crippen LogP contribution in [-0.4, -0.2) is 32.3 Å². The van der Waals surface area contributed by atoms with Crippen molar-refractivity contribution in [2.45, 2.75) is 46.3 Å². The highest BCUT2D eigenvalue weighted by molar-refractivity contribution is 5.94. The number of ether oxygens (including phenoxy) is 3. The minimum atomic E-state index is -0.109. The molecule has 2 aromatic rings. The van der Waals surface area contributed by atoms with Crippen molar-refractivity contribution in [3.63, 3.8) is 0 Å². The lowest BCUT2D eigenvalue weighted by atomic mass is 10.1. The maximum atomic E-state index is 12.5. The summed E-state index contributed by atoms with van der Waals surface area (Å²) in [6, 6.07) is 9.60. The molecule has 1 atom stereocenters. The van der Waals surface area contributed by atoms with Gasteiger partial charge in [0.25, 0.3) is 5.91 Å². The number of hydrogen-bond acceptors (Lipinski definition) is 4. The maximum absolute atomic E-state index is 12.5. The lowest BCUT2D eigenvalue weighted by molar-refractivity contribution is 0.0857. The third-order valence-electron chi connectivity index (χ3n) is 5.20. The van der Waals surface area contributed by atoms with Crippen LogP contribution in [0.2, 0.25) is 0 Å². The van der Waals surface area contributed by atoms with Gasteiger partial charge in [-0.1, -0.05) is 6.07 Å². The average Bonchev–Trinajstić information content (AvgIpc) is 3.21. The van der Waals surface area contributed by atoms with Crippen molar-refractivity contribution in [3.8, 4) is 11.5 Å². The number of benzene rings is 2. The van der Waals surface area contributed by atoms with Crippen molar-refractivity contribution in [2.75, 3.05) is 20.3 Å². The Kier molecular flexibility index (Phi) is 6.57. The molecule has 0 spiro atoms. The van der Waals surface area contributed by atoms with Crippen molar-refractivity contribution < 1.29 is 19.0 Å². The summed E-state index contributed by atoms with van der Waals surface area (Å²) >= 11 is 0. The van der Waals surface area contributed by atoms with Gasteiger partial charge in [0.15, 0.2) is 0 Å². The zero-order valence-electron chi connectivity index (χ0n) is 17.1. The Bertz CT molecular complexity index is 841. The summed E-state index contributed by atoms with van der Waals surface area (Å²) in [5.74, 6) is 1.45. The van der Waals surface area contributed by atoms with Gasteiger partial charge >= 0.3 is 0 Å². The minimum Gasteiger partial charge on any atom is -0.496 e. The lowest BCUT2D eigenvalue weighted by Crippen LogP contribution is -2.31. The van der Waals surface area contributed by atoms with Crippen molar-refractivity contribution in [2.24, 2.45) is 0 Å². The monoisotopic (exact) mass is 383 g/mol. The normalized spacial score (nSPS) is 16.1. The Balaban J connectivity index is 1.71. The molecule has 0 bridgehead atoms. The third-order valence-corrected chi connectivity index (χ3v) is 5.20. The smallest absolute Gasteiger partial charge is 0.251 e. The largest absolute Gasteiger partial charge is 0.496 e. The van der Waals surface area contributed by atoms with E-state index in [0.29, 0.717) is 24.5 Å². The SMILES string of the molecule is COc1ccc(C(=O)NCC2CCCO2)cc1COc1cc(C)cc(C)c1C. The molecule has 1 aliphatic heterocycles. The molecule has 3 rings (SSSR count). The van der Waals surface area contributed by atoms with E-state index in [2.05, 4.69) is 32.2 Å². The molecule has 1 unspecified atom stereocenters. The Labute approximate surface area is 167 Å². The summed E-state index contributed by atoms with van der Waals surface area (Å²) in [5.41, 5.74) is 4.91. The van der Waals surface area contributed by atoms with Gasteiger partial charge in [0.05, 0.1) is 13.2 Å². The second kappa shape index (κ2) is 9.11. The lowest BCUT2D eigenvalue weighted by Gasteiger charge is -2.15. The first kappa shape index (κ1) is 20.2. The van der Waals surface area contributed by atoms with Crippen LogP contribution in [0.3, 0.4) is 0 Å². The zero-order valence-corrected chi connectivity index (χ0v) is 17.1. The number of hydrogen-bond donors (Lipinski definition) is 1. The summed E-state index contributed by atoms with van der Waals surface area (Å²) in [6.45, 7) is 7.84. The zero-order chi connectivity index (χ0) is 20.1. The molecule has 28 heavy (non-hydrogen) atoms. The van der Waals surface area contributed by atoms with E-state index in [4.69, 9.17) is 14.2 Å². The van der Waals surface area contributed by atoms with E-state index >= 15 is 0 Å². The van der Waals surface area contributed by atoms with Crippen LogP contribution in [-0.2, 0) is 11.3 Å². The predicted molar refractivity (Wildman–Crippen MR) is 109 cm³/mol. The predicted octanol–water partition coefficient (Wildman–Crippen LogP) is 4.11. The molecule has 150 valence electrons. The van der Waals surface area contributed by atoms with Crippen LogP contribution in [0.15, 0.2) is 30.3 Å². The summed E-state index contributed by atoms with van der Waals surface area (Å²) in [5, 5.41) is 2.96. The molecule has 1 fully saturated rings. The molecule has 0 aliphatic carbocycles. The van der Waals surface area contributed by atoms with Crippen LogP contribution >= 0.6 is 0 Å². The van der Waals surface area contributed by atoms with E-state index in [1.165, 1.54) is 5.56 Å². The Morgan fingerprint density at radius 3 is 2.71 bits per heavy atom. The molecule has 1 amide bonds. The molecule has 5 heteroatoms. The van der Waals surface area contributed by atoms with E-state index < -0.39 is 0 Å². The van der Waals surface area contributed by atoms with Crippen LogP contribution in [0.1, 0.15) is 45.5 Å². The summed E-state index contributed by atoms with van der Waals surface area (Å²) in [7, 11) is 1.62. The van der Waals surface area contributed by atoms with Crippen LogP contribution in [0, 0.1) is 20.8 Å². The van der Waals surface area contributed by atoms with E-state index in [0.717, 1.165) is 41.9 Å². The van der Waals surface area contributed by atoms with Gasteiger partial charge in [0.2, 0.25) is 0 Å². The molecular formula is C23H29NO4. The molecule has 1 N–H and O–H groups in total. The number of nitrogens with one attached hydrogen (secondary N) is 1. The third kappa shape index (κ3) is 4.84. The second-order valence-electron chi connectivity index (χ2n) is 7.37. The molecular weight excluding hydrogens is 354 g/mol. The van der Waals surface area contributed by atoms with E-state index in [-0.39, 0.29) is 12.0 Å². The topological polar surface area (TPSA) is 56.8 Å². The first-order valence-corrected chi connectivity index (χ1v) is 9.75. The van der Waals surface area contributed by atoms with Crippen LogP contribution < -0.4 is 14.8 Å². The number of methoxy groups -OCH3 is 1. The first-order valence-electron chi connectivity index (χ1n) is 9.75. The van der Waals surface area contributed by atoms with Gasteiger partial charge in [-0.2, -0.15) is 0 Å². The molecule has 1 saturated heterocycles. The first-order chi connectivity index (χ1) is 13.5. The van der Waals surface area contributed by atoms with Crippen molar-refractivity contribution in [3.05, 3.63) is 58.1 Å². The van der Waals surface area contributed by atoms with Crippen molar-refractivity contribution in [1.29, 1.82) is 0 Å². The quantitative estimate of drug-likeness (QED) is 0.782. The van der Waals surface area contributed by atoms with Crippen LogP contribution in [0.4, 0.5) is 0 Å². The fourth-order valence-corrected chi connectivity index (χ4v) is 3.45. The minimum absolute atomic E-state index is 0.109. The average molecular weight is 383 g/mol. The highest BCUT2D eigenvalue weighted by Crippen LogP contribution is 2.27. The van der Waals surface area contributed by atoms with Gasteiger partial charge in [-0.25, -0.2) is 0 Å². The van der Waals surface area contributed by atoms with Gasteiger partial charge in [0.1, 0.15) is 18.1 Å². The fourth-order valence-electron chi connectivity index (χ4n) is 3.45. The Morgan fingerprint density at radius 1 is 1.18 bits per heavy atom. The molecule has 0 aromatic heterocycles. The molecule has 0 saturated carbocycles. The highest BCUT2D eigenvalue weighted by atomic mass is 16.5. The van der Waals surface area contributed by atoms with E-state index in [9.17, 15) is 4.79 Å². The summed E-state index contributed by atoms with van der Waals surface area (Å²) in [4.78, 5) is 12.5. The molecule has 1 heterocycles.